The first-order chi connectivity index (χ1) is 7.09. The van der Waals surface area contributed by atoms with Crippen LogP contribution in [-0.2, 0) is 9.31 Å². The summed E-state index contributed by atoms with van der Waals surface area (Å²) < 4.78 is 11.6. The Bertz CT molecular complexity index is 324. The Morgan fingerprint density at radius 3 is 2.53 bits per heavy atom. The zero-order valence-electron chi connectivity index (χ0n) is 9.57. The SMILES string of the molecule is CC1COB(c2ccccc2)OC1(C)C. The van der Waals surface area contributed by atoms with Gasteiger partial charge in [0.05, 0.1) is 5.60 Å². The lowest BCUT2D eigenvalue weighted by atomic mass is 9.74. The Kier molecular flexibility index (Phi) is 2.85. The van der Waals surface area contributed by atoms with Gasteiger partial charge in [-0.1, -0.05) is 37.3 Å². The van der Waals surface area contributed by atoms with E-state index in [1.54, 1.807) is 0 Å². The van der Waals surface area contributed by atoms with Crippen LogP contribution in [0.15, 0.2) is 30.3 Å². The van der Waals surface area contributed by atoms with Crippen LogP contribution in [0.25, 0.3) is 0 Å². The van der Waals surface area contributed by atoms with Crippen LogP contribution in [0.1, 0.15) is 20.8 Å². The highest BCUT2D eigenvalue weighted by Gasteiger charge is 2.39. The zero-order valence-corrected chi connectivity index (χ0v) is 9.57. The molecule has 0 saturated carbocycles. The molecule has 1 aromatic carbocycles. The van der Waals surface area contributed by atoms with Crippen LogP contribution in [-0.4, -0.2) is 19.3 Å². The van der Waals surface area contributed by atoms with E-state index in [-0.39, 0.29) is 12.7 Å². The van der Waals surface area contributed by atoms with E-state index in [1.807, 2.05) is 30.3 Å². The maximum Gasteiger partial charge on any atom is 0.494 e. The standard InChI is InChI=1S/C12H17BO2/c1-10-9-14-13(15-12(10,2)3)11-7-5-4-6-8-11/h4-8,10H,9H2,1-3H3. The van der Waals surface area contributed by atoms with E-state index in [9.17, 15) is 0 Å². The Morgan fingerprint density at radius 1 is 1.27 bits per heavy atom. The lowest BCUT2D eigenvalue weighted by molar-refractivity contribution is -0.0366. The molecule has 0 aromatic heterocycles. The van der Waals surface area contributed by atoms with Crippen molar-refractivity contribution in [1.82, 2.24) is 0 Å². The molecule has 15 heavy (non-hydrogen) atoms. The average Bonchev–Trinajstić information content (AvgIpc) is 2.23. The van der Waals surface area contributed by atoms with Crippen molar-refractivity contribution in [3.8, 4) is 0 Å². The molecule has 0 amide bonds. The van der Waals surface area contributed by atoms with Crippen LogP contribution in [0.3, 0.4) is 0 Å². The summed E-state index contributed by atoms with van der Waals surface area (Å²) in [5, 5.41) is 0. The lowest BCUT2D eigenvalue weighted by Gasteiger charge is -2.39. The number of benzene rings is 1. The predicted molar refractivity (Wildman–Crippen MR) is 62.1 cm³/mol. The molecule has 0 radical (unpaired) electrons. The number of hydrogen-bond donors (Lipinski definition) is 0. The van der Waals surface area contributed by atoms with Crippen molar-refractivity contribution in [2.75, 3.05) is 6.61 Å². The highest BCUT2D eigenvalue weighted by Crippen LogP contribution is 2.26. The fourth-order valence-corrected chi connectivity index (χ4v) is 1.63. The average molecular weight is 204 g/mol. The van der Waals surface area contributed by atoms with E-state index in [4.69, 9.17) is 9.31 Å². The predicted octanol–water partition coefficient (Wildman–Crippen LogP) is 1.84. The van der Waals surface area contributed by atoms with Gasteiger partial charge in [0.1, 0.15) is 0 Å². The van der Waals surface area contributed by atoms with E-state index in [0.29, 0.717) is 5.92 Å². The van der Waals surface area contributed by atoms with E-state index in [1.165, 1.54) is 0 Å². The third kappa shape index (κ3) is 2.24. The minimum atomic E-state index is -0.211. The summed E-state index contributed by atoms with van der Waals surface area (Å²) in [6.07, 6.45) is 0. The van der Waals surface area contributed by atoms with Gasteiger partial charge in [-0.15, -0.1) is 0 Å². The van der Waals surface area contributed by atoms with Crippen LogP contribution in [0, 0.1) is 5.92 Å². The lowest BCUT2D eigenvalue weighted by Crippen LogP contribution is -2.53. The van der Waals surface area contributed by atoms with Gasteiger partial charge in [0.15, 0.2) is 0 Å². The monoisotopic (exact) mass is 204 g/mol. The van der Waals surface area contributed by atoms with Crippen molar-refractivity contribution < 1.29 is 9.31 Å². The Morgan fingerprint density at radius 2 is 1.93 bits per heavy atom. The van der Waals surface area contributed by atoms with Crippen LogP contribution >= 0.6 is 0 Å². The highest BCUT2D eigenvalue weighted by molar-refractivity contribution is 6.61. The maximum atomic E-state index is 5.95. The summed E-state index contributed by atoms with van der Waals surface area (Å²) in [6.45, 7) is 7.15. The van der Waals surface area contributed by atoms with E-state index >= 15 is 0 Å². The van der Waals surface area contributed by atoms with Gasteiger partial charge in [-0.25, -0.2) is 0 Å². The first-order valence-corrected chi connectivity index (χ1v) is 5.44. The second kappa shape index (κ2) is 3.99. The van der Waals surface area contributed by atoms with Crippen LogP contribution in [0.2, 0.25) is 0 Å². The van der Waals surface area contributed by atoms with Crippen LogP contribution in [0.4, 0.5) is 0 Å². The van der Waals surface area contributed by atoms with Gasteiger partial charge in [-0.2, -0.15) is 0 Å². The van der Waals surface area contributed by atoms with Crippen LogP contribution in [0.5, 0.6) is 0 Å². The smallest absolute Gasteiger partial charge is 0.407 e. The van der Waals surface area contributed by atoms with E-state index in [0.717, 1.165) is 12.1 Å². The van der Waals surface area contributed by atoms with Gasteiger partial charge in [-0.3, -0.25) is 0 Å². The summed E-state index contributed by atoms with van der Waals surface area (Å²) in [5.41, 5.74) is 0.983. The molecule has 0 bridgehead atoms. The van der Waals surface area contributed by atoms with Gasteiger partial charge in [0, 0.05) is 12.5 Å². The molecule has 2 nitrogen and oxygen atoms in total. The normalized spacial score (nSPS) is 25.3. The van der Waals surface area contributed by atoms with E-state index in [2.05, 4.69) is 20.8 Å². The second-order valence-electron chi connectivity index (χ2n) is 4.70. The van der Waals surface area contributed by atoms with Crippen molar-refractivity contribution in [3.05, 3.63) is 30.3 Å². The first kappa shape index (κ1) is 10.7. The molecular weight excluding hydrogens is 187 g/mol. The third-order valence-electron chi connectivity index (χ3n) is 3.17. The summed E-state index contributed by atoms with van der Waals surface area (Å²) >= 11 is 0. The second-order valence-corrected chi connectivity index (χ2v) is 4.70. The molecule has 1 aliphatic rings. The van der Waals surface area contributed by atoms with Gasteiger partial charge in [0.25, 0.3) is 0 Å². The molecule has 3 heteroatoms. The number of hydrogen-bond acceptors (Lipinski definition) is 2. The van der Waals surface area contributed by atoms with Crippen molar-refractivity contribution >= 4 is 12.6 Å². The van der Waals surface area contributed by atoms with Crippen molar-refractivity contribution in [3.63, 3.8) is 0 Å². The quantitative estimate of drug-likeness (QED) is 0.650. The fourth-order valence-electron chi connectivity index (χ4n) is 1.63. The van der Waals surface area contributed by atoms with Gasteiger partial charge < -0.3 is 9.31 Å². The molecule has 80 valence electrons. The minimum absolute atomic E-state index is 0.112. The molecule has 1 aromatic rings. The zero-order chi connectivity index (χ0) is 10.9. The Hall–Kier alpha value is -0.795. The Balaban J connectivity index is 2.14. The van der Waals surface area contributed by atoms with Crippen LogP contribution < -0.4 is 5.46 Å². The third-order valence-corrected chi connectivity index (χ3v) is 3.17. The largest absolute Gasteiger partial charge is 0.494 e. The molecule has 2 rings (SSSR count). The van der Waals surface area contributed by atoms with Gasteiger partial charge >= 0.3 is 7.12 Å². The molecule has 1 fully saturated rings. The summed E-state index contributed by atoms with van der Waals surface area (Å²) in [7, 11) is -0.211. The summed E-state index contributed by atoms with van der Waals surface area (Å²) in [6, 6.07) is 10.1. The Labute approximate surface area is 91.7 Å². The molecule has 1 saturated heterocycles. The van der Waals surface area contributed by atoms with Crippen molar-refractivity contribution in [1.29, 1.82) is 0 Å². The topological polar surface area (TPSA) is 18.5 Å². The van der Waals surface area contributed by atoms with Crippen molar-refractivity contribution in [2.45, 2.75) is 26.4 Å². The molecule has 1 heterocycles. The minimum Gasteiger partial charge on any atom is -0.407 e. The molecule has 1 aliphatic heterocycles. The first-order valence-electron chi connectivity index (χ1n) is 5.44. The highest BCUT2D eigenvalue weighted by atomic mass is 16.6. The fraction of sp³-hybridized carbons (Fsp3) is 0.500. The molecule has 1 atom stereocenters. The van der Waals surface area contributed by atoms with Crippen molar-refractivity contribution in [2.24, 2.45) is 5.92 Å². The van der Waals surface area contributed by atoms with Gasteiger partial charge in [-0.05, 0) is 19.3 Å². The molecular formula is C12H17BO2. The molecule has 0 spiro atoms. The number of rotatable bonds is 1. The molecule has 1 unspecified atom stereocenters. The van der Waals surface area contributed by atoms with Gasteiger partial charge in [0.2, 0.25) is 0 Å². The maximum absolute atomic E-state index is 5.95. The summed E-state index contributed by atoms with van der Waals surface area (Å²) in [5.74, 6) is 0.428. The summed E-state index contributed by atoms with van der Waals surface area (Å²) in [4.78, 5) is 0. The molecule has 0 N–H and O–H groups in total. The molecule has 0 aliphatic carbocycles. The van der Waals surface area contributed by atoms with E-state index < -0.39 is 0 Å².